The standard InChI is InChI=1S/C5H5ClN2O2/c1-10-5-3(9)4(6)7-2-8-5/h2,9H,1H3. The van der Waals surface area contributed by atoms with Crippen molar-refractivity contribution < 1.29 is 9.84 Å². The van der Waals surface area contributed by atoms with Crippen LogP contribution in [-0.4, -0.2) is 22.2 Å². The van der Waals surface area contributed by atoms with E-state index in [1.165, 1.54) is 13.4 Å². The Balaban J connectivity index is 3.14. The van der Waals surface area contributed by atoms with Crippen LogP contribution in [0.3, 0.4) is 0 Å². The summed E-state index contributed by atoms with van der Waals surface area (Å²) in [5, 5.41) is 9.01. The Hall–Kier alpha value is -1.03. The molecule has 54 valence electrons. The van der Waals surface area contributed by atoms with Crippen LogP contribution >= 0.6 is 11.6 Å². The van der Waals surface area contributed by atoms with Gasteiger partial charge in [-0.15, -0.1) is 0 Å². The lowest BCUT2D eigenvalue weighted by atomic mass is 10.6. The number of rotatable bonds is 1. The fraction of sp³-hybridized carbons (Fsp3) is 0.200. The molecule has 0 saturated carbocycles. The fourth-order valence-electron chi connectivity index (χ4n) is 0.492. The molecule has 0 aliphatic rings. The van der Waals surface area contributed by atoms with E-state index in [2.05, 4.69) is 14.7 Å². The van der Waals surface area contributed by atoms with E-state index in [-0.39, 0.29) is 16.8 Å². The Bertz CT molecular complexity index is 241. The van der Waals surface area contributed by atoms with Crippen LogP contribution < -0.4 is 4.74 Å². The number of nitrogens with zero attached hydrogens (tertiary/aromatic N) is 2. The molecule has 1 rings (SSSR count). The molecule has 1 aromatic rings. The molecule has 0 unspecified atom stereocenters. The van der Waals surface area contributed by atoms with E-state index in [0.717, 1.165) is 0 Å². The molecule has 0 radical (unpaired) electrons. The molecular formula is C5H5ClN2O2. The molecule has 1 heterocycles. The van der Waals surface area contributed by atoms with Gasteiger partial charge in [0.25, 0.3) is 5.88 Å². The van der Waals surface area contributed by atoms with Gasteiger partial charge in [-0.2, -0.15) is 4.98 Å². The average Bonchev–Trinajstić information content (AvgIpc) is 1.95. The van der Waals surface area contributed by atoms with Crippen molar-refractivity contribution in [3.63, 3.8) is 0 Å². The van der Waals surface area contributed by atoms with Gasteiger partial charge in [0.1, 0.15) is 6.33 Å². The van der Waals surface area contributed by atoms with Crippen molar-refractivity contribution in [2.24, 2.45) is 0 Å². The summed E-state index contributed by atoms with van der Waals surface area (Å²) in [4.78, 5) is 7.10. The first-order valence-electron chi connectivity index (χ1n) is 2.49. The van der Waals surface area contributed by atoms with E-state index in [1.54, 1.807) is 0 Å². The predicted octanol–water partition coefficient (Wildman–Crippen LogP) is 0.844. The number of halogens is 1. The van der Waals surface area contributed by atoms with Crippen LogP contribution in [0.1, 0.15) is 0 Å². The molecule has 0 atom stereocenters. The third-order valence-electron chi connectivity index (χ3n) is 0.937. The smallest absolute Gasteiger partial charge is 0.261 e. The van der Waals surface area contributed by atoms with E-state index >= 15 is 0 Å². The first-order chi connectivity index (χ1) is 4.75. The molecule has 0 aromatic carbocycles. The first-order valence-corrected chi connectivity index (χ1v) is 2.87. The monoisotopic (exact) mass is 160 g/mol. The Morgan fingerprint density at radius 1 is 1.60 bits per heavy atom. The van der Waals surface area contributed by atoms with Crippen molar-refractivity contribution in [1.82, 2.24) is 9.97 Å². The van der Waals surface area contributed by atoms with Crippen LogP contribution in [0.5, 0.6) is 11.6 Å². The molecule has 0 fully saturated rings. The maximum absolute atomic E-state index is 9.02. The van der Waals surface area contributed by atoms with Crippen LogP contribution in [0.4, 0.5) is 0 Å². The molecule has 0 aliphatic heterocycles. The zero-order valence-corrected chi connectivity index (χ0v) is 5.96. The highest BCUT2D eigenvalue weighted by Crippen LogP contribution is 2.27. The maximum atomic E-state index is 9.02. The van der Waals surface area contributed by atoms with E-state index in [4.69, 9.17) is 16.7 Å². The second-order valence-electron chi connectivity index (χ2n) is 1.52. The molecule has 0 aliphatic carbocycles. The minimum absolute atomic E-state index is 0.00755. The van der Waals surface area contributed by atoms with Crippen molar-refractivity contribution >= 4 is 11.6 Å². The highest BCUT2D eigenvalue weighted by molar-refractivity contribution is 6.30. The summed E-state index contributed by atoms with van der Waals surface area (Å²) in [5.74, 6) is -0.147. The van der Waals surface area contributed by atoms with Gasteiger partial charge in [-0.3, -0.25) is 0 Å². The SMILES string of the molecule is COc1ncnc(Cl)c1O. The number of aromatic nitrogens is 2. The van der Waals surface area contributed by atoms with Gasteiger partial charge in [-0.1, -0.05) is 11.6 Å². The molecule has 10 heavy (non-hydrogen) atoms. The van der Waals surface area contributed by atoms with Gasteiger partial charge in [0.2, 0.25) is 5.75 Å². The van der Waals surface area contributed by atoms with Crippen molar-refractivity contribution in [2.45, 2.75) is 0 Å². The average molecular weight is 161 g/mol. The number of hydrogen-bond acceptors (Lipinski definition) is 4. The van der Waals surface area contributed by atoms with Gasteiger partial charge in [-0.05, 0) is 0 Å². The van der Waals surface area contributed by atoms with Gasteiger partial charge >= 0.3 is 0 Å². The third-order valence-corrected chi connectivity index (χ3v) is 1.21. The number of methoxy groups -OCH3 is 1. The lowest BCUT2D eigenvalue weighted by Crippen LogP contribution is -1.89. The number of ether oxygens (including phenoxy) is 1. The van der Waals surface area contributed by atoms with Crippen molar-refractivity contribution in [3.8, 4) is 11.6 Å². The molecule has 1 aromatic heterocycles. The Morgan fingerprint density at radius 3 is 2.80 bits per heavy atom. The van der Waals surface area contributed by atoms with Crippen LogP contribution in [-0.2, 0) is 0 Å². The van der Waals surface area contributed by atoms with Gasteiger partial charge in [-0.25, -0.2) is 4.98 Å². The molecule has 0 amide bonds. The van der Waals surface area contributed by atoms with E-state index in [1.807, 2.05) is 0 Å². The molecule has 0 spiro atoms. The zero-order valence-electron chi connectivity index (χ0n) is 5.21. The molecule has 1 N–H and O–H groups in total. The van der Waals surface area contributed by atoms with Crippen molar-refractivity contribution in [2.75, 3.05) is 7.11 Å². The summed E-state index contributed by atoms with van der Waals surface area (Å²) in [6.45, 7) is 0. The van der Waals surface area contributed by atoms with Crippen LogP contribution in [0, 0.1) is 0 Å². The van der Waals surface area contributed by atoms with Crippen molar-refractivity contribution in [3.05, 3.63) is 11.5 Å². The third kappa shape index (κ3) is 1.11. The highest BCUT2D eigenvalue weighted by Gasteiger charge is 2.06. The summed E-state index contributed by atoms with van der Waals surface area (Å²) in [5.41, 5.74) is 0. The summed E-state index contributed by atoms with van der Waals surface area (Å²) < 4.78 is 4.64. The van der Waals surface area contributed by atoms with E-state index in [9.17, 15) is 0 Å². The Morgan fingerprint density at radius 2 is 2.30 bits per heavy atom. The fourth-order valence-corrected chi connectivity index (χ4v) is 0.616. The van der Waals surface area contributed by atoms with Gasteiger partial charge < -0.3 is 9.84 Å². The summed E-state index contributed by atoms with van der Waals surface area (Å²) >= 11 is 5.41. The van der Waals surface area contributed by atoms with E-state index in [0.29, 0.717) is 0 Å². The minimum Gasteiger partial charge on any atom is -0.501 e. The second-order valence-corrected chi connectivity index (χ2v) is 1.88. The van der Waals surface area contributed by atoms with E-state index < -0.39 is 0 Å². The van der Waals surface area contributed by atoms with Gasteiger partial charge in [0.05, 0.1) is 7.11 Å². The molecular weight excluding hydrogens is 156 g/mol. The largest absolute Gasteiger partial charge is 0.501 e. The topological polar surface area (TPSA) is 55.2 Å². The number of hydrogen-bond donors (Lipinski definition) is 1. The van der Waals surface area contributed by atoms with Gasteiger partial charge in [0, 0.05) is 0 Å². The first kappa shape index (κ1) is 7.08. The summed E-state index contributed by atoms with van der Waals surface area (Å²) in [6.07, 6.45) is 1.21. The lowest BCUT2D eigenvalue weighted by Gasteiger charge is -1.99. The highest BCUT2D eigenvalue weighted by atomic mass is 35.5. The molecule has 4 nitrogen and oxygen atoms in total. The lowest BCUT2D eigenvalue weighted by molar-refractivity contribution is 0.356. The quantitative estimate of drug-likeness (QED) is 0.619. The Labute approximate surface area is 62.4 Å². The number of aromatic hydroxyl groups is 1. The molecule has 0 saturated heterocycles. The van der Waals surface area contributed by atoms with Gasteiger partial charge in [0.15, 0.2) is 5.15 Å². The molecule has 5 heteroatoms. The summed E-state index contributed by atoms with van der Waals surface area (Å²) in [6, 6.07) is 0. The second kappa shape index (κ2) is 2.70. The van der Waals surface area contributed by atoms with Crippen LogP contribution in [0.25, 0.3) is 0 Å². The maximum Gasteiger partial charge on any atom is 0.261 e. The van der Waals surface area contributed by atoms with Crippen LogP contribution in [0.15, 0.2) is 6.33 Å². The minimum atomic E-state index is -0.230. The molecule has 0 bridgehead atoms. The Kier molecular flexibility index (Phi) is 1.91. The normalized spacial score (nSPS) is 9.40. The van der Waals surface area contributed by atoms with Crippen molar-refractivity contribution in [1.29, 1.82) is 0 Å². The zero-order chi connectivity index (χ0) is 7.56. The predicted molar refractivity (Wildman–Crippen MR) is 35.3 cm³/mol. The summed E-state index contributed by atoms with van der Waals surface area (Å²) in [7, 11) is 1.39. The van der Waals surface area contributed by atoms with Crippen LogP contribution in [0.2, 0.25) is 5.15 Å².